The van der Waals surface area contributed by atoms with E-state index in [4.69, 9.17) is 85.3 Å². The Labute approximate surface area is 804 Å². The van der Waals surface area contributed by atoms with Crippen molar-refractivity contribution in [1.82, 2.24) is 49.3 Å². The Bertz CT molecular complexity index is 5670. The molecule has 3 aliphatic heterocycles. The van der Waals surface area contributed by atoms with Crippen LogP contribution >= 0.6 is 0 Å². The Kier molecular flexibility index (Phi) is 35.6. The van der Waals surface area contributed by atoms with E-state index in [0.717, 1.165) is 170 Å². The van der Waals surface area contributed by atoms with Gasteiger partial charge in [0.05, 0.1) is 157 Å². The molecule has 3 fully saturated rings. The zero-order valence-corrected chi connectivity index (χ0v) is 82.4. The molecule has 12 aromatic rings. The summed E-state index contributed by atoms with van der Waals surface area (Å²) >= 11 is 0. The van der Waals surface area contributed by atoms with Crippen molar-refractivity contribution >= 4 is 5.91 Å². The van der Waals surface area contributed by atoms with E-state index in [2.05, 4.69) is 137 Å². The predicted octanol–water partition coefficient (Wildman–Crippen LogP) is 17.7. The lowest BCUT2D eigenvalue weighted by Gasteiger charge is -2.42. The minimum atomic E-state index is -0.270. The second-order valence-corrected chi connectivity index (χ2v) is 33.5. The highest BCUT2D eigenvalue weighted by Gasteiger charge is 2.37. The van der Waals surface area contributed by atoms with Crippen molar-refractivity contribution in [3.63, 3.8) is 0 Å². The minimum absolute atomic E-state index is 0.112. The maximum Gasteiger partial charge on any atom is 0.240 e. The Hall–Kier alpha value is -14.0. The van der Waals surface area contributed by atoms with E-state index in [1.807, 2.05) is 108 Å². The summed E-state index contributed by atoms with van der Waals surface area (Å²) in [7, 11) is 29.0. The van der Waals surface area contributed by atoms with Crippen molar-refractivity contribution in [3.05, 3.63) is 228 Å². The first-order valence-corrected chi connectivity index (χ1v) is 45.5. The number of hydrogen-bond donors (Lipinski definition) is 0. The van der Waals surface area contributed by atoms with Crippen molar-refractivity contribution in [2.24, 2.45) is 5.92 Å². The van der Waals surface area contributed by atoms with E-state index in [1.165, 1.54) is 22.3 Å². The van der Waals surface area contributed by atoms with Crippen molar-refractivity contribution in [1.29, 1.82) is 0 Å². The van der Waals surface area contributed by atoms with Gasteiger partial charge in [0.25, 0.3) is 0 Å². The standard InChI is InChI=1S/C37H44N4O7.C36H43N3O6.C35H41N3O6/c1-23(2)34-37(42)41(22-25-10-12-39-29(16-25)27-19-32(45-5)36(48-8)33(20-27)46-6)14-13-40(34)21-24-9-11-38-28(15-24)26-17-30(43-3)35(47-7)31(18-26)44-4;1-40-31-19-28(20-32(41-2)35(31)44-5)27-10-7-9-25(17-27)23-38-13-8-14-39(16-15-38)24-26-11-12-37-30(18-26)29-21-33(42-3)36(45-6)34(22-29)43-4;1-39-30-18-27(19-31(40-2)34(30)43-5)26-9-7-8-24(16-26)22-37-12-14-38(15-13-37)23-25-10-11-36-29(17-25)28-20-32(41-3)35(44-6)33(21-28)42-4/h9-12,15-20,23,34H,13-14,21-22H2,1-8H3;7,9-12,17-22H,8,13-16,23-24H2,1-6H3;7-11,16-21H,12-15,22-23H2,1-6H3/t34-;;/m0../s1. The van der Waals surface area contributed by atoms with Crippen LogP contribution in [0.3, 0.4) is 0 Å². The number of rotatable bonds is 37. The molecule has 0 radical (unpaired) electrons. The molecular formula is C108H128N10O19. The Balaban J connectivity index is 0.000000174. The van der Waals surface area contributed by atoms with Gasteiger partial charge in [0, 0.05) is 139 Å². The molecular weight excluding hydrogens is 1740 g/mol. The molecule has 3 saturated heterocycles. The fourth-order valence-corrected chi connectivity index (χ4v) is 17.8. The van der Waals surface area contributed by atoms with Gasteiger partial charge in [-0.05, 0) is 215 Å². The lowest BCUT2D eigenvalue weighted by Crippen LogP contribution is -2.58. The Morgan fingerprint density at radius 2 is 0.482 bits per heavy atom. The average molecular weight is 1870 g/mol. The highest BCUT2D eigenvalue weighted by molar-refractivity contribution is 5.83. The fraction of sp³-hybridized carbons (Fsp3) is 0.361. The molecule has 29 heteroatoms. The van der Waals surface area contributed by atoms with Gasteiger partial charge in [-0.1, -0.05) is 50.2 Å². The Morgan fingerprint density at radius 1 is 0.248 bits per heavy atom. The second-order valence-electron chi connectivity index (χ2n) is 33.5. The molecule has 0 N–H and O–H groups in total. The molecule has 15 rings (SSSR count). The van der Waals surface area contributed by atoms with Gasteiger partial charge < -0.3 is 90.2 Å². The number of carbonyl (C=O) groups is 1. The van der Waals surface area contributed by atoms with Crippen LogP contribution in [0.5, 0.6) is 103 Å². The number of hydrogen-bond acceptors (Lipinski definition) is 28. The molecule has 29 nitrogen and oxygen atoms in total. The Morgan fingerprint density at radius 3 is 0.730 bits per heavy atom. The largest absolute Gasteiger partial charge is 0.493 e. The molecule has 3 aliphatic rings. The predicted molar refractivity (Wildman–Crippen MR) is 531 cm³/mol. The van der Waals surface area contributed by atoms with Crippen LogP contribution in [0.25, 0.3) is 67.3 Å². The maximum absolute atomic E-state index is 14.0. The number of aromatic nitrogens is 4. The lowest BCUT2D eigenvalue weighted by molar-refractivity contribution is -0.145. The smallest absolute Gasteiger partial charge is 0.240 e. The number of carbonyl (C=O) groups excluding carboxylic acids is 1. The lowest BCUT2D eigenvalue weighted by atomic mass is 9.97. The van der Waals surface area contributed by atoms with E-state index >= 15 is 0 Å². The van der Waals surface area contributed by atoms with Gasteiger partial charge >= 0.3 is 0 Å². The molecule has 0 bridgehead atoms. The third kappa shape index (κ3) is 24.5. The van der Waals surface area contributed by atoms with Crippen LogP contribution in [0.15, 0.2) is 195 Å². The number of pyridine rings is 4. The van der Waals surface area contributed by atoms with Crippen LogP contribution in [-0.2, 0) is 44.1 Å². The van der Waals surface area contributed by atoms with Crippen LogP contribution in [0.4, 0.5) is 0 Å². The van der Waals surface area contributed by atoms with Crippen LogP contribution in [0.2, 0.25) is 0 Å². The van der Waals surface area contributed by atoms with E-state index in [9.17, 15) is 4.79 Å². The molecule has 1 atom stereocenters. The highest BCUT2D eigenvalue weighted by Crippen LogP contribution is 2.48. The topological polar surface area (TPSA) is 254 Å². The summed E-state index contributed by atoms with van der Waals surface area (Å²) in [6.45, 7) is 18.2. The van der Waals surface area contributed by atoms with Crippen LogP contribution in [-0.4, -0.2) is 255 Å². The zero-order chi connectivity index (χ0) is 97.2. The van der Waals surface area contributed by atoms with Crippen LogP contribution in [0, 0.1) is 5.92 Å². The van der Waals surface area contributed by atoms with Gasteiger partial charge in [0.1, 0.15) is 0 Å². The summed E-state index contributed by atoms with van der Waals surface area (Å²) in [6.07, 6.45) is 8.41. The zero-order valence-electron chi connectivity index (χ0n) is 82.4. The number of nitrogens with zero attached hydrogens (tertiary/aromatic N) is 10. The van der Waals surface area contributed by atoms with E-state index in [1.54, 1.807) is 140 Å². The second kappa shape index (κ2) is 48.5. The first kappa shape index (κ1) is 100. The number of ether oxygens (including phenoxy) is 18. The molecule has 0 saturated carbocycles. The monoisotopic (exact) mass is 1870 g/mol. The highest BCUT2D eigenvalue weighted by atomic mass is 16.6. The molecule has 1 amide bonds. The van der Waals surface area contributed by atoms with Gasteiger partial charge in [-0.3, -0.25) is 49.2 Å². The maximum atomic E-state index is 14.0. The first-order chi connectivity index (χ1) is 66.7. The van der Waals surface area contributed by atoms with E-state index in [-0.39, 0.29) is 17.9 Å². The average Bonchev–Trinajstić information content (AvgIpc) is 0.911. The van der Waals surface area contributed by atoms with Gasteiger partial charge in [-0.25, -0.2) is 0 Å². The molecule has 0 aliphatic carbocycles. The van der Waals surface area contributed by atoms with Crippen molar-refractivity contribution in [3.8, 4) is 171 Å². The number of benzene rings is 8. The summed E-state index contributed by atoms with van der Waals surface area (Å²) in [4.78, 5) is 46.8. The fourth-order valence-electron chi connectivity index (χ4n) is 17.8. The molecule has 724 valence electrons. The van der Waals surface area contributed by atoms with Gasteiger partial charge in [-0.15, -0.1) is 0 Å². The van der Waals surface area contributed by atoms with E-state index in [0.29, 0.717) is 123 Å². The quantitative estimate of drug-likeness (QED) is 0.0351. The third-order valence-electron chi connectivity index (χ3n) is 24.8. The van der Waals surface area contributed by atoms with E-state index < -0.39 is 0 Å². The molecule has 8 aromatic carbocycles. The van der Waals surface area contributed by atoms with Gasteiger partial charge in [0.2, 0.25) is 40.4 Å². The van der Waals surface area contributed by atoms with Crippen LogP contribution in [0.1, 0.15) is 53.6 Å². The van der Waals surface area contributed by atoms with Crippen LogP contribution < -0.4 is 85.3 Å². The van der Waals surface area contributed by atoms with Gasteiger partial charge in [-0.2, -0.15) is 0 Å². The van der Waals surface area contributed by atoms with Crippen molar-refractivity contribution < 1.29 is 90.1 Å². The van der Waals surface area contributed by atoms with Gasteiger partial charge in [0.15, 0.2) is 69.0 Å². The SMILES string of the molecule is COc1cc(-c2cc(CN3CCN(Cc4ccnc(-c5cc(OC)c(OC)c(OC)c5)c4)[C@@H](C(C)C)C3=O)ccn2)cc(OC)c1OC.COc1cc(-c2cccc(CN3CCCN(Cc4ccnc(-c5cc(OC)c(OC)c(OC)c5)c4)CC3)c2)cc(OC)c1OC.COc1cc(-c2cccc(CN3CCN(Cc4ccnc(-c5cc(OC)c(OC)c(OC)c5)c4)CC3)c2)cc(OC)c1OC. The molecule has 137 heavy (non-hydrogen) atoms. The minimum Gasteiger partial charge on any atom is -0.493 e. The summed E-state index contributed by atoms with van der Waals surface area (Å²) < 4.78 is 99.6. The first-order valence-electron chi connectivity index (χ1n) is 45.5. The molecule has 0 spiro atoms. The molecule has 7 heterocycles. The summed E-state index contributed by atoms with van der Waals surface area (Å²) in [6, 6.07) is 56.8. The molecule has 0 unspecified atom stereocenters. The molecule has 4 aromatic heterocycles. The third-order valence-corrected chi connectivity index (χ3v) is 24.8. The van der Waals surface area contributed by atoms with Crippen molar-refractivity contribution in [2.75, 3.05) is 193 Å². The number of piperazine rings is 2. The summed E-state index contributed by atoms with van der Waals surface area (Å²) in [5.74, 6) is 10.9. The number of amides is 1. The normalized spacial score (nSPS) is 14.3. The number of methoxy groups -OCH3 is 18. The van der Waals surface area contributed by atoms with Crippen molar-refractivity contribution in [2.45, 2.75) is 65.6 Å². The summed E-state index contributed by atoms with van der Waals surface area (Å²) in [5.41, 5.74) is 18.1. The summed E-state index contributed by atoms with van der Waals surface area (Å²) in [5, 5.41) is 0.